The quantitative estimate of drug-likeness (QED) is 0.616. The van der Waals surface area contributed by atoms with Gasteiger partial charge in [0.25, 0.3) is 0 Å². The Morgan fingerprint density at radius 2 is 2.27 bits per heavy atom. The number of nitrogens with zero attached hydrogens (tertiary/aromatic N) is 1. The molecule has 0 spiro atoms. The number of ether oxygens (including phenoxy) is 1. The van der Waals surface area contributed by atoms with E-state index in [2.05, 4.69) is 10.3 Å². The van der Waals surface area contributed by atoms with Crippen LogP contribution in [0.15, 0.2) is 24.4 Å². The first-order valence-electron chi connectivity index (χ1n) is 5.22. The van der Waals surface area contributed by atoms with Gasteiger partial charge in [-0.25, -0.2) is 0 Å². The molecule has 0 radical (unpaired) electrons. The molecule has 4 nitrogen and oxygen atoms in total. The number of aliphatic hydroxyl groups is 1. The second kappa shape index (κ2) is 8.35. The van der Waals surface area contributed by atoms with Crippen LogP contribution in [0.3, 0.4) is 0 Å². The van der Waals surface area contributed by atoms with Gasteiger partial charge in [-0.05, 0) is 25.1 Å². The molecule has 0 atom stereocenters. The lowest BCUT2D eigenvalue weighted by atomic mass is 10.3. The molecule has 0 aromatic carbocycles. The second-order valence-corrected chi connectivity index (χ2v) is 3.19. The summed E-state index contributed by atoms with van der Waals surface area (Å²) in [5.41, 5.74) is 1.05. The monoisotopic (exact) mass is 210 g/mol. The summed E-state index contributed by atoms with van der Waals surface area (Å²) in [5, 5.41) is 11.7. The number of hydrogen-bond acceptors (Lipinski definition) is 4. The normalized spacial score (nSPS) is 10.5. The molecule has 0 bridgehead atoms. The molecule has 0 saturated heterocycles. The number of pyridine rings is 1. The summed E-state index contributed by atoms with van der Waals surface area (Å²) >= 11 is 0. The zero-order valence-electron chi connectivity index (χ0n) is 8.85. The Bertz CT molecular complexity index is 242. The third kappa shape index (κ3) is 6.17. The second-order valence-electron chi connectivity index (χ2n) is 3.19. The molecule has 4 heteroatoms. The largest absolute Gasteiger partial charge is 0.394 e. The van der Waals surface area contributed by atoms with Gasteiger partial charge in [0.1, 0.15) is 0 Å². The van der Waals surface area contributed by atoms with Crippen LogP contribution in [0.25, 0.3) is 0 Å². The first-order valence-corrected chi connectivity index (χ1v) is 5.22. The van der Waals surface area contributed by atoms with Crippen molar-refractivity contribution in [2.24, 2.45) is 0 Å². The summed E-state index contributed by atoms with van der Waals surface area (Å²) in [4.78, 5) is 4.20. The summed E-state index contributed by atoms with van der Waals surface area (Å²) in [6.45, 7) is 2.92. The van der Waals surface area contributed by atoms with Crippen molar-refractivity contribution in [2.45, 2.75) is 13.0 Å². The van der Waals surface area contributed by atoms with Gasteiger partial charge in [-0.3, -0.25) is 4.98 Å². The fraction of sp³-hybridized carbons (Fsp3) is 0.545. The lowest BCUT2D eigenvalue weighted by Crippen LogP contribution is -2.17. The highest BCUT2D eigenvalue weighted by Crippen LogP contribution is 1.91. The number of rotatable bonds is 8. The van der Waals surface area contributed by atoms with Crippen LogP contribution < -0.4 is 5.32 Å². The van der Waals surface area contributed by atoms with Gasteiger partial charge in [-0.1, -0.05) is 6.07 Å². The number of nitrogens with one attached hydrogen (secondary N) is 1. The molecule has 84 valence electrons. The van der Waals surface area contributed by atoms with Gasteiger partial charge in [-0.15, -0.1) is 0 Å². The molecular weight excluding hydrogens is 192 g/mol. The highest BCUT2D eigenvalue weighted by atomic mass is 16.5. The first-order chi connectivity index (χ1) is 7.43. The van der Waals surface area contributed by atoms with Crippen molar-refractivity contribution in [3.05, 3.63) is 30.1 Å². The lowest BCUT2D eigenvalue weighted by molar-refractivity contribution is 0.0907. The van der Waals surface area contributed by atoms with Crippen LogP contribution in [-0.4, -0.2) is 36.5 Å². The molecule has 2 N–H and O–H groups in total. The van der Waals surface area contributed by atoms with Crippen molar-refractivity contribution < 1.29 is 9.84 Å². The van der Waals surface area contributed by atoms with E-state index in [4.69, 9.17) is 9.84 Å². The van der Waals surface area contributed by atoms with Crippen LogP contribution in [0.5, 0.6) is 0 Å². The summed E-state index contributed by atoms with van der Waals surface area (Å²) in [6, 6.07) is 5.88. The zero-order chi connectivity index (χ0) is 10.8. The van der Waals surface area contributed by atoms with Gasteiger partial charge in [0.2, 0.25) is 0 Å². The Kier molecular flexibility index (Phi) is 6.73. The van der Waals surface area contributed by atoms with Crippen LogP contribution in [0.1, 0.15) is 12.1 Å². The average molecular weight is 210 g/mol. The predicted molar refractivity (Wildman–Crippen MR) is 58.5 cm³/mol. The SMILES string of the molecule is OCCOCCCNCc1ccccn1. The maximum Gasteiger partial charge on any atom is 0.0697 e. The molecule has 1 rings (SSSR count). The van der Waals surface area contributed by atoms with E-state index < -0.39 is 0 Å². The Balaban J connectivity index is 1.93. The highest BCUT2D eigenvalue weighted by molar-refractivity contribution is 5.02. The van der Waals surface area contributed by atoms with E-state index in [0.717, 1.165) is 25.2 Å². The Morgan fingerprint density at radius 3 is 3.00 bits per heavy atom. The van der Waals surface area contributed by atoms with Crippen molar-refractivity contribution in [1.29, 1.82) is 0 Å². The topological polar surface area (TPSA) is 54.4 Å². The van der Waals surface area contributed by atoms with Gasteiger partial charge in [0.05, 0.1) is 18.9 Å². The maximum atomic E-state index is 8.47. The smallest absolute Gasteiger partial charge is 0.0697 e. The minimum atomic E-state index is 0.0986. The molecule has 0 saturated carbocycles. The van der Waals surface area contributed by atoms with E-state index in [1.807, 2.05) is 18.2 Å². The zero-order valence-corrected chi connectivity index (χ0v) is 8.85. The molecule has 1 aromatic rings. The van der Waals surface area contributed by atoms with Crippen LogP contribution in [0, 0.1) is 0 Å². The van der Waals surface area contributed by atoms with E-state index in [-0.39, 0.29) is 6.61 Å². The maximum absolute atomic E-state index is 8.47. The lowest BCUT2D eigenvalue weighted by Gasteiger charge is -2.04. The average Bonchev–Trinajstić information content (AvgIpc) is 2.29. The fourth-order valence-electron chi connectivity index (χ4n) is 1.18. The molecule has 0 fully saturated rings. The third-order valence-corrected chi connectivity index (χ3v) is 1.91. The molecule has 1 aromatic heterocycles. The molecular formula is C11H18N2O2. The van der Waals surface area contributed by atoms with Gasteiger partial charge in [-0.2, -0.15) is 0 Å². The number of aliphatic hydroxyl groups excluding tert-OH is 1. The number of hydrogen-bond donors (Lipinski definition) is 2. The molecule has 0 aliphatic heterocycles. The van der Waals surface area contributed by atoms with E-state index in [1.165, 1.54) is 0 Å². The van der Waals surface area contributed by atoms with Crippen LogP contribution in [-0.2, 0) is 11.3 Å². The fourth-order valence-corrected chi connectivity index (χ4v) is 1.18. The summed E-state index contributed by atoms with van der Waals surface area (Å²) in [7, 11) is 0. The van der Waals surface area contributed by atoms with E-state index in [9.17, 15) is 0 Å². The molecule has 0 aliphatic rings. The van der Waals surface area contributed by atoms with Crippen LogP contribution >= 0.6 is 0 Å². The van der Waals surface area contributed by atoms with Crippen LogP contribution in [0.4, 0.5) is 0 Å². The minimum absolute atomic E-state index is 0.0986. The summed E-state index contributed by atoms with van der Waals surface area (Å²) in [6.07, 6.45) is 2.74. The van der Waals surface area contributed by atoms with Crippen molar-refractivity contribution >= 4 is 0 Å². The van der Waals surface area contributed by atoms with E-state index in [1.54, 1.807) is 6.20 Å². The van der Waals surface area contributed by atoms with Crippen molar-refractivity contribution in [3.8, 4) is 0 Å². The summed E-state index contributed by atoms with van der Waals surface area (Å²) in [5.74, 6) is 0. The standard InChI is InChI=1S/C11H18N2O2/c14-7-9-15-8-3-5-12-10-11-4-1-2-6-13-11/h1-2,4,6,12,14H,3,5,7-10H2. The molecule has 0 amide bonds. The van der Waals surface area contributed by atoms with Gasteiger partial charge < -0.3 is 15.2 Å². The molecule has 0 unspecified atom stereocenters. The first kappa shape index (κ1) is 12.1. The van der Waals surface area contributed by atoms with Gasteiger partial charge in [0, 0.05) is 19.3 Å². The Hall–Kier alpha value is -0.970. The van der Waals surface area contributed by atoms with Crippen molar-refractivity contribution in [3.63, 3.8) is 0 Å². The summed E-state index contributed by atoms with van der Waals surface area (Å²) < 4.78 is 5.13. The number of aromatic nitrogens is 1. The van der Waals surface area contributed by atoms with Crippen molar-refractivity contribution in [2.75, 3.05) is 26.4 Å². The van der Waals surface area contributed by atoms with E-state index >= 15 is 0 Å². The van der Waals surface area contributed by atoms with Crippen molar-refractivity contribution in [1.82, 2.24) is 10.3 Å². The molecule has 0 aliphatic carbocycles. The Morgan fingerprint density at radius 1 is 1.33 bits per heavy atom. The van der Waals surface area contributed by atoms with Gasteiger partial charge in [0.15, 0.2) is 0 Å². The minimum Gasteiger partial charge on any atom is -0.394 e. The van der Waals surface area contributed by atoms with Gasteiger partial charge >= 0.3 is 0 Å². The predicted octanol–water partition coefficient (Wildman–Crippen LogP) is 0.570. The molecule has 1 heterocycles. The van der Waals surface area contributed by atoms with Crippen LogP contribution in [0.2, 0.25) is 0 Å². The Labute approximate surface area is 90.3 Å². The van der Waals surface area contributed by atoms with E-state index in [0.29, 0.717) is 13.2 Å². The third-order valence-electron chi connectivity index (χ3n) is 1.91. The highest BCUT2D eigenvalue weighted by Gasteiger charge is 1.92. The molecule has 15 heavy (non-hydrogen) atoms.